The smallest absolute Gasteiger partial charge is 0.348 e. The Bertz CT molecular complexity index is 703. The number of aromatic nitrogens is 3. The van der Waals surface area contributed by atoms with E-state index in [9.17, 15) is 9.59 Å². The number of carbonyl (C=O) groups excluding carboxylic acids is 1. The number of aromatic amines is 1. The van der Waals surface area contributed by atoms with Crippen molar-refractivity contribution in [2.75, 3.05) is 31.1 Å². The van der Waals surface area contributed by atoms with Crippen LogP contribution in [0.25, 0.3) is 11.0 Å². The summed E-state index contributed by atoms with van der Waals surface area (Å²) in [6.45, 7) is 4.19. The van der Waals surface area contributed by atoms with Crippen LogP contribution in [0.1, 0.15) is 6.92 Å². The first-order valence-corrected chi connectivity index (χ1v) is 6.50. The largest absolute Gasteiger partial charge is 0.352 e. The summed E-state index contributed by atoms with van der Waals surface area (Å²) >= 11 is 0. The summed E-state index contributed by atoms with van der Waals surface area (Å²) < 4.78 is 0. The Labute approximate surface area is 115 Å². The summed E-state index contributed by atoms with van der Waals surface area (Å²) in [5.41, 5.74) is 0.136. The zero-order valence-corrected chi connectivity index (χ0v) is 11.2. The van der Waals surface area contributed by atoms with Gasteiger partial charge in [-0.1, -0.05) is 0 Å². The minimum absolute atomic E-state index is 0.0787. The van der Waals surface area contributed by atoms with Gasteiger partial charge in [0.05, 0.1) is 5.39 Å². The molecule has 0 radical (unpaired) electrons. The van der Waals surface area contributed by atoms with Crippen molar-refractivity contribution in [3.05, 3.63) is 28.8 Å². The average Bonchev–Trinajstić information content (AvgIpc) is 2.46. The molecule has 7 nitrogen and oxygen atoms in total. The standard InChI is InChI=1S/C13H15N5O2/c1-9(19)17-5-7-18(8-6-17)12-10-3-2-4-14-11(10)15-13(20)16-12/h2-4H,5-8H2,1H3,(H,14,15,16,20). The zero-order valence-electron chi connectivity index (χ0n) is 11.2. The average molecular weight is 273 g/mol. The van der Waals surface area contributed by atoms with Gasteiger partial charge in [-0.3, -0.25) is 9.78 Å². The Balaban J connectivity index is 1.95. The highest BCUT2D eigenvalue weighted by molar-refractivity contribution is 5.86. The van der Waals surface area contributed by atoms with Gasteiger partial charge in [0.15, 0.2) is 0 Å². The van der Waals surface area contributed by atoms with Crippen molar-refractivity contribution in [2.45, 2.75) is 6.92 Å². The SMILES string of the molecule is CC(=O)N1CCN(c2nc(=O)[nH]c3ncccc23)CC1. The third-order valence-corrected chi connectivity index (χ3v) is 3.51. The molecule has 2 aromatic heterocycles. The summed E-state index contributed by atoms with van der Waals surface area (Å²) in [7, 11) is 0. The summed E-state index contributed by atoms with van der Waals surface area (Å²) in [6.07, 6.45) is 1.63. The fraction of sp³-hybridized carbons (Fsp3) is 0.385. The molecule has 20 heavy (non-hydrogen) atoms. The lowest BCUT2D eigenvalue weighted by Crippen LogP contribution is -2.48. The number of piperazine rings is 1. The van der Waals surface area contributed by atoms with Gasteiger partial charge in [0.2, 0.25) is 5.91 Å². The van der Waals surface area contributed by atoms with Crippen molar-refractivity contribution >= 4 is 22.8 Å². The van der Waals surface area contributed by atoms with Gasteiger partial charge in [-0.15, -0.1) is 0 Å². The van der Waals surface area contributed by atoms with E-state index >= 15 is 0 Å². The number of carbonyl (C=O) groups is 1. The highest BCUT2D eigenvalue weighted by Gasteiger charge is 2.21. The molecule has 0 bridgehead atoms. The van der Waals surface area contributed by atoms with E-state index in [1.807, 2.05) is 17.0 Å². The number of pyridine rings is 1. The molecule has 1 amide bonds. The molecule has 2 aromatic rings. The van der Waals surface area contributed by atoms with Crippen LogP contribution in [-0.2, 0) is 4.79 Å². The van der Waals surface area contributed by atoms with Crippen molar-refractivity contribution in [3.8, 4) is 0 Å². The molecule has 7 heteroatoms. The molecule has 1 aliphatic heterocycles. The minimum Gasteiger partial charge on any atom is -0.352 e. The maximum Gasteiger partial charge on any atom is 0.348 e. The number of nitrogens with one attached hydrogen (secondary N) is 1. The predicted molar refractivity (Wildman–Crippen MR) is 74.6 cm³/mol. The molecule has 1 fully saturated rings. The van der Waals surface area contributed by atoms with Gasteiger partial charge in [0, 0.05) is 39.3 Å². The molecule has 3 heterocycles. The molecule has 0 aliphatic carbocycles. The number of hydrogen-bond acceptors (Lipinski definition) is 5. The van der Waals surface area contributed by atoms with E-state index in [-0.39, 0.29) is 5.91 Å². The lowest BCUT2D eigenvalue weighted by atomic mass is 10.2. The number of rotatable bonds is 1. The Morgan fingerprint density at radius 1 is 1.30 bits per heavy atom. The summed E-state index contributed by atoms with van der Waals surface area (Å²) in [4.78, 5) is 37.6. The van der Waals surface area contributed by atoms with E-state index < -0.39 is 5.69 Å². The molecule has 1 saturated heterocycles. The summed E-state index contributed by atoms with van der Waals surface area (Å²) in [5.74, 6) is 0.718. The van der Waals surface area contributed by atoms with Crippen LogP contribution >= 0.6 is 0 Å². The monoisotopic (exact) mass is 273 g/mol. The number of hydrogen-bond donors (Lipinski definition) is 1. The van der Waals surface area contributed by atoms with E-state index in [1.54, 1.807) is 18.0 Å². The van der Waals surface area contributed by atoms with E-state index in [0.717, 1.165) is 5.39 Å². The fourth-order valence-electron chi connectivity index (χ4n) is 2.45. The predicted octanol–water partition coefficient (Wildman–Crippen LogP) is -0.0134. The molecule has 0 spiro atoms. The van der Waals surface area contributed by atoms with Crippen molar-refractivity contribution in [3.63, 3.8) is 0 Å². The number of amides is 1. The second-order valence-corrected chi connectivity index (χ2v) is 4.76. The topological polar surface area (TPSA) is 82.2 Å². The molecule has 1 aliphatic rings. The number of fused-ring (bicyclic) bond motifs is 1. The quantitative estimate of drug-likeness (QED) is 0.790. The lowest BCUT2D eigenvalue weighted by molar-refractivity contribution is -0.129. The van der Waals surface area contributed by atoms with Gasteiger partial charge >= 0.3 is 5.69 Å². The van der Waals surface area contributed by atoms with Crippen LogP contribution in [-0.4, -0.2) is 51.9 Å². The van der Waals surface area contributed by atoms with Gasteiger partial charge < -0.3 is 9.80 Å². The van der Waals surface area contributed by atoms with Crippen LogP contribution in [0, 0.1) is 0 Å². The van der Waals surface area contributed by atoms with E-state index in [0.29, 0.717) is 37.6 Å². The first-order chi connectivity index (χ1) is 9.65. The summed E-state index contributed by atoms with van der Waals surface area (Å²) in [6, 6.07) is 3.70. The van der Waals surface area contributed by atoms with Crippen molar-refractivity contribution in [2.24, 2.45) is 0 Å². The fourth-order valence-corrected chi connectivity index (χ4v) is 2.45. The highest BCUT2D eigenvalue weighted by atomic mass is 16.2. The Morgan fingerprint density at radius 3 is 2.75 bits per heavy atom. The molecule has 0 unspecified atom stereocenters. The normalized spacial score (nSPS) is 15.7. The van der Waals surface area contributed by atoms with Crippen LogP contribution in [0.5, 0.6) is 0 Å². The van der Waals surface area contributed by atoms with Crippen LogP contribution in [0.2, 0.25) is 0 Å². The van der Waals surface area contributed by atoms with E-state index in [1.165, 1.54) is 0 Å². The first kappa shape index (κ1) is 12.6. The van der Waals surface area contributed by atoms with Gasteiger partial charge in [-0.05, 0) is 12.1 Å². The minimum atomic E-state index is -0.403. The Kier molecular flexibility index (Phi) is 3.09. The van der Waals surface area contributed by atoms with Crippen LogP contribution < -0.4 is 10.6 Å². The second kappa shape index (κ2) is 4.92. The van der Waals surface area contributed by atoms with E-state index in [2.05, 4.69) is 15.0 Å². The molecule has 3 rings (SSSR count). The van der Waals surface area contributed by atoms with E-state index in [4.69, 9.17) is 0 Å². The zero-order chi connectivity index (χ0) is 14.1. The van der Waals surface area contributed by atoms with Crippen LogP contribution in [0.4, 0.5) is 5.82 Å². The maximum atomic E-state index is 11.6. The molecule has 104 valence electrons. The van der Waals surface area contributed by atoms with Crippen molar-refractivity contribution in [1.82, 2.24) is 19.9 Å². The van der Waals surface area contributed by atoms with Gasteiger partial charge in [-0.2, -0.15) is 4.98 Å². The Morgan fingerprint density at radius 2 is 2.05 bits per heavy atom. The molecule has 0 atom stereocenters. The number of H-pyrrole nitrogens is 1. The third kappa shape index (κ3) is 2.22. The third-order valence-electron chi connectivity index (χ3n) is 3.51. The molecule has 0 aromatic carbocycles. The van der Waals surface area contributed by atoms with Gasteiger partial charge in [0.1, 0.15) is 11.5 Å². The molecule has 1 N–H and O–H groups in total. The van der Waals surface area contributed by atoms with Gasteiger partial charge in [0.25, 0.3) is 0 Å². The van der Waals surface area contributed by atoms with Gasteiger partial charge in [-0.25, -0.2) is 9.78 Å². The second-order valence-electron chi connectivity index (χ2n) is 4.76. The molecular weight excluding hydrogens is 258 g/mol. The summed E-state index contributed by atoms with van der Waals surface area (Å²) in [5, 5.41) is 0.823. The highest BCUT2D eigenvalue weighted by Crippen LogP contribution is 2.21. The van der Waals surface area contributed by atoms with Crippen molar-refractivity contribution in [1.29, 1.82) is 0 Å². The lowest BCUT2D eigenvalue weighted by Gasteiger charge is -2.35. The molecular formula is C13H15N5O2. The maximum absolute atomic E-state index is 11.6. The number of nitrogens with zero attached hydrogens (tertiary/aromatic N) is 4. The van der Waals surface area contributed by atoms with Crippen molar-refractivity contribution < 1.29 is 4.79 Å². The van der Waals surface area contributed by atoms with Crippen LogP contribution in [0.3, 0.4) is 0 Å². The van der Waals surface area contributed by atoms with Crippen LogP contribution in [0.15, 0.2) is 23.1 Å². The first-order valence-electron chi connectivity index (χ1n) is 6.50. The Hall–Kier alpha value is -2.44. The number of anilines is 1. The molecule has 0 saturated carbocycles.